The zero-order valence-electron chi connectivity index (χ0n) is 13.7. The summed E-state index contributed by atoms with van der Waals surface area (Å²) in [4.78, 5) is 27.8. The number of amides is 2. The quantitative estimate of drug-likeness (QED) is 0.808. The zero-order valence-corrected chi connectivity index (χ0v) is 13.7. The van der Waals surface area contributed by atoms with Gasteiger partial charge in [0, 0.05) is 27.2 Å². The number of nitrogens with zero attached hydrogens (tertiary/aromatic N) is 2. The van der Waals surface area contributed by atoms with Crippen LogP contribution < -0.4 is 5.32 Å². The molecule has 1 aliphatic heterocycles. The molecule has 1 N–H and O–H groups in total. The summed E-state index contributed by atoms with van der Waals surface area (Å²) in [6, 6.07) is 5.89. The van der Waals surface area contributed by atoms with Gasteiger partial charge in [-0.1, -0.05) is 12.1 Å². The third-order valence-electron chi connectivity index (χ3n) is 4.12. The third-order valence-corrected chi connectivity index (χ3v) is 4.12. The van der Waals surface area contributed by atoms with Crippen molar-refractivity contribution >= 4 is 11.8 Å². The van der Waals surface area contributed by atoms with Crippen molar-refractivity contribution in [3.63, 3.8) is 0 Å². The van der Waals surface area contributed by atoms with Gasteiger partial charge in [0.15, 0.2) is 0 Å². The Kier molecular flexibility index (Phi) is 6.10. The second-order valence-electron chi connectivity index (χ2n) is 6.02. The van der Waals surface area contributed by atoms with Crippen LogP contribution in [0.3, 0.4) is 0 Å². The molecular weight excluding hydrogens is 297 g/mol. The van der Waals surface area contributed by atoms with E-state index in [1.54, 1.807) is 31.1 Å². The molecule has 0 spiro atoms. The maximum absolute atomic E-state index is 13.5. The van der Waals surface area contributed by atoms with Crippen LogP contribution in [0.25, 0.3) is 0 Å². The molecule has 5 nitrogen and oxygen atoms in total. The van der Waals surface area contributed by atoms with Gasteiger partial charge in [0.1, 0.15) is 5.82 Å². The highest BCUT2D eigenvalue weighted by molar-refractivity contribution is 5.94. The van der Waals surface area contributed by atoms with Crippen LogP contribution in [0.1, 0.15) is 29.6 Å². The van der Waals surface area contributed by atoms with Crippen molar-refractivity contribution in [1.82, 2.24) is 15.1 Å². The second-order valence-corrected chi connectivity index (χ2v) is 6.02. The Morgan fingerprint density at radius 3 is 2.78 bits per heavy atom. The number of rotatable bonds is 6. The van der Waals surface area contributed by atoms with Gasteiger partial charge in [0.2, 0.25) is 5.91 Å². The van der Waals surface area contributed by atoms with Crippen LogP contribution in [0.15, 0.2) is 24.3 Å². The van der Waals surface area contributed by atoms with E-state index in [2.05, 4.69) is 10.2 Å². The Hall–Kier alpha value is -1.95. The van der Waals surface area contributed by atoms with Gasteiger partial charge in [-0.3, -0.25) is 14.5 Å². The number of likely N-dealkylation sites (N-methyl/N-ethyl adjacent to an activating group) is 1. The first-order valence-corrected chi connectivity index (χ1v) is 7.98. The van der Waals surface area contributed by atoms with Crippen molar-refractivity contribution in [3.05, 3.63) is 35.6 Å². The number of hydrogen-bond acceptors (Lipinski definition) is 3. The third kappa shape index (κ3) is 4.51. The minimum Gasteiger partial charge on any atom is -0.352 e. The summed E-state index contributed by atoms with van der Waals surface area (Å²) in [6.07, 6.45) is 2.64. The first-order valence-electron chi connectivity index (χ1n) is 7.98. The highest BCUT2D eigenvalue weighted by Crippen LogP contribution is 2.18. The van der Waals surface area contributed by atoms with Crippen LogP contribution in [0.4, 0.5) is 4.39 Å². The monoisotopic (exact) mass is 321 g/mol. The normalized spacial score (nSPS) is 18.0. The lowest BCUT2D eigenvalue weighted by molar-refractivity contribution is -0.133. The average molecular weight is 321 g/mol. The van der Waals surface area contributed by atoms with Crippen molar-refractivity contribution in [2.45, 2.75) is 25.3 Å². The molecule has 1 fully saturated rings. The van der Waals surface area contributed by atoms with Crippen molar-refractivity contribution < 1.29 is 14.0 Å². The summed E-state index contributed by atoms with van der Waals surface area (Å²) < 4.78 is 13.5. The van der Waals surface area contributed by atoms with Gasteiger partial charge >= 0.3 is 0 Å². The first-order chi connectivity index (χ1) is 11.0. The van der Waals surface area contributed by atoms with Crippen LogP contribution in [-0.4, -0.2) is 61.4 Å². The smallest absolute Gasteiger partial charge is 0.254 e. The van der Waals surface area contributed by atoms with Gasteiger partial charge in [0.05, 0.1) is 11.6 Å². The number of hydrogen-bond donors (Lipinski definition) is 1. The van der Waals surface area contributed by atoms with Crippen LogP contribution in [-0.2, 0) is 4.79 Å². The molecule has 0 aliphatic carbocycles. The molecule has 23 heavy (non-hydrogen) atoms. The number of likely N-dealkylation sites (tertiary alicyclic amines) is 1. The van der Waals surface area contributed by atoms with Crippen molar-refractivity contribution in [2.75, 3.05) is 33.7 Å². The summed E-state index contributed by atoms with van der Waals surface area (Å²) in [7, 11) is 3.54. The number of benzene rings is 1. The molecular formula is C17H24FN3O2. The van der Waals surface area contributed by atoms with Crippen LogP contribution >= 0.6 is 0 Å². The number of carbonyl (C=O) groups excluding carboxylic acids is 2. The molecule has 0 aromatic heterocycles. The van der Waals surface area contributed by atoms with E-state index in [-0.39, 0.29) is 17.5 Å². The minimum absolute atomic E-state index is 0.0488. The molecule has 6 heteroatoms. The van der Waals surface area contributed by atoms with E-state index >= 15 is 0 Å². The fourth-order valence-corrected chi connectivity index (χ4v) is 2.90. The summed E-state index contributed by atoms with van der Waals surface area (Å²) in [5.74, 6) is -0.774. The highest BCUT2D eigenvalue weighted by atomic mass is 19.1. The molecule has 1 heterocycles. The SMILES string of the molecule is CN(C)C(=O)[C@H]1CCCN1CCCNC(=O)c1ccccc1F. The van der Waals surface area contributed by atoms with Crippen LogP contribution in [0.5, 0.6) is 0 Å². The van der Waals surface area contributed by atoms with E-state index in [4.69, 9.17) is 0 Å². The van der Waals surface area contributed by atoms with E-state index in [1.807, 2.05) is 0 Å². The van der Waals surface area contributed by atoms with Gasteiger partial charge in [-0.25, -0.2) is 4.39 Å². The first kappa shape index (κ1) is 17.4. The highest BCUT2D eigenvalue weighted by Gasteiger charge is 2.30. The molecule has 0 unspecified atom stereocenters. The Balaban J connectivity index is 1.76. The second kappa shape index (κ2) is 8.06. The lowest BCUT2D eigenvalue weighted by atomic mass is 10.2. The fraction of sp³-hybridized carbons (Fsp3) is 0.529. The van der Waals surface area contributed by atoms with Gasteiger partial charge in [0.25, 0.3) is 5.91 Å². The fourth-order valence-electron chi connectivity index (χ4n) is 2.90. The summed E-state index contributed by atoms with van der Waals surface area (Å²) in [5, 5.41) is 2.73. The Morgan fingerprint density at radius 1 is 1.35 bits per heavy atom. The van der Waals surface area contributed by atoms with E-state index in [9.17, 15) is 14.0 Å². The van der Waals surface area contributed by atoms with Crippen molar-refractivity contribution in [2.24, 2.45) is 0 Å². The maximum atomic E-state index is 13.5. The van der Waals surface area contributed by atoms with Crippen LogP contribution in [0, 0.1) is 5.82 Å². The number of halogens is 1. The van der Waals surface area contributed by atoms with Crippen LogP contribution in [0.2, 0.25) is 0 Å². The Morgan fingerprint density at radius 2 is 2.09 bits per heavy atom. The predicted octanol–water partition coefficient (Wildman–Crippen LogP) is 1.50. The Bertz CT molecular complexity index is 563. The molecule has 2 amide bonds. The summed E-state index contributed by atoms with van der Waals surface area (Å²) in [5.41, 5.74) is 0.0642. The van der Waals surface area contributed by atoms with Crippen molar-refractivity contribution in [1.29, 1.82) is 0 Å². The maximum Gasteiger partial charge on any atom is 0.254 e. The molecule has 0 bridgehead atoms. The van der Waals surface area contributed by atoms with Crippen molar-refractivity contribution in [3.8, 4) is 0 Å². The predicted molar refractivity (Wildman–Crippen MR) is 86.6 cm³/mol. The molecule has 1 aromatic rings. The van der Waals surface area contributed by atoms with E-state index in [1.165, 1.54) is 12.1 Å². The molecule has 0 saturated carbocycles. The summed E-state index contributed by atoms with van der Waals surface area (Å²) in [6.45, 7) is 2.12. The van der Waals surface area contributed by atoms with E-state index < -0.39 is 11.7 Å². The zero-order chi connectivity index (χ0) is 16.8. The molecule has 1 saturated heterocycles. The molecule has 2 rings (SSSR count). The molecule has 0 radical (unpaired) electrons. The van der Waals surface area contributed by atoms with Gasteiger partial charge < -0.3 is 10.2 Å². The molecule has 1 aromatic carbocycles. The van der Waals surface area contributed by atoms with Gasteiger partial charge in [-0.05, 0) is 37.9 Å². The largest absolute Gasteiger partial charge is 0.352 e. The Labute approximate surface area is 136 Å². The average Bonchev–Trinajstić information content (AvgIpc) is 2.99. The van der Waals surface area contributed by atoms with E-state index in [0.717, 1.165) is 32.4 Å². The summed E-state index contributed by atoms with van der Waals surface area (Å²) >= 11 is 0. The van der Waals surface area contributed by atoms with Gasteiger partial charge in [-0.2, -0.15) is 0 Å². The lowest BCUT2D eigenvalue weighted by Crippen LogP contribution is -2.43. The minimum atomic E-state index is -0.513. The number of carbonyl (C=O) groups is 2. The van der Waals surface area contributed by atoms with Gasteiger partial charge in [-0.15, -0.1) is 0 Å². The topological polar surface area (TPSA) is 52.7 Å². The molecule has 1 aliphatic rings. The lowest BCUT2D eigenvalue weighted by Gasteiger charge is -2.26. The molecule has 126 valence electrons. The number of nitrogens with one attached hydrogen (secondary N) is 1. The van der Waals surface area contributed by atoms with E-state index in [0.29, 0.717) is 6.54 Å². The standard InChI is InChI=1S/C17H24FN3O2/c1-20(2)17(23)15-9-5-11-21(15)12-6-10-19-16(22)13-7-3-4-8-14(13)18/h3-4,7-8,15H,5-6,9-12H2,1-2H3,(H,19,22)/t15-/m1/s1. The molecule has 1 atom stereocenters.